The highest BCUT2D eigenvalue weighted by Gasteiger charge is 2.13. The van der Waals surface area contributed by atoms with Gasteiger partial charge in [0, 0.05) is 24.9 Å². The molecule has 0 saturated heterocycles. The van der Waals surface area contributed by atoms with Crippen LogP contribution < -0.4 is 5.32 Å². The predicted octanol–water partition coefficient (Wildman–Crippen LogP) is 3.26. The lowest BCUT2D eigenvalue weighted by Crippen LogP contribution is -2.28. The molecule has 1 amide bonds. The van der Waals surface area contributed by atoms with Crippen molar-refractivity contribution >= 4 is 11.7 Å². The number of nitrogens with one attached hydrogen (secondary N) is 1. The highest BCUT2D eigenvalue weighted by Crippen LogP contribution is 2.15. The fourth-order valence-corrected chi connectivity index (χ4v) is 2.50. The second-order valence-corrected chi connectivity index (χ2v) is 6.11. The molecule has 0 heterocycles. The van der Waals surface area contributed by atoms with Gasteiger partial charge in [-0.05, 0) is 43.2 Å². The Balaban J connectivity index is 1.81. The highest BCUT2D eigenvalue weighted by atomic mass is 19.1. The van der Waals surface area contributed by atoms with Gasteiger partial charge in [0.1, 0.15) is 5.82 Å². The maximum atomic E-state index is 12.9. The summed E-state index contributed by atoms with van der Waals surface area (Å²) in [6.45, 7) is 3.80. The molecule has 0 spiro atoms. The first kappa shape index (κ1) is 18.8. The number of aryl methyl sites for hydroxylation is 2. The van der Waals surface area contributed by atoms with Crippen LogP contribution in [0.2, 0.25) is 0 Å². The lowest BCUT2D eigenvalue weighted by Gasteiger charge is -2.12. The predicted molar refractivity (Wildman–Crippen MR) is 93.9 cm³/mol. The monoisotopic (exact) mass is 343 g/mol. The zero-order valence-electron chi connectivity index (χ0n) is 14.4. The summed E-state index contributed by atoms with van der Waals surface area (Å²) in [6, 6.07) is 11.1. The largest absolute Gasteiger partial charge is 0.387 e. The van der Waals surface area contributed by atoms with E-state index in [1.54, 1.807) is 0 Å². The SMILES string of the molecule is Cc1ccc(C)c(C(=O)CCC(=O)NCC(O)c2ccc(F)cc2)c1. The van der Waals surface area contributed by atoms with E-state index in [-0.39, 0.29) is 36.9 Å². The molecule has 0 aliphatic rings. The van der Waals surface area contributed by atoms with Crippen LogP contribution >= 0.6 is 0 Å². The summed E-state index contributed by atoms with van der Waals surface area (Å²) in [4.78, 5) is 24.1. The molecule has 0 saturated carbocycles. The van der Waals surface area contributed by atoms with Gasteiger partial charge in [-0.1, -0.05) is 29.8 Å². The fraction of sp³-hybridized carbons (Fsp3) is 0.300. The number of ketones is 1. The van der Waals surface area contributed by atoms with Gasteiger partial charge in [-0.25, -0.2) is 4.39 Å². The van der Waals surface area contributed by atoms with Gasteiger partial charge in [0.2, 0.25) is 5.91 Å². The number of benzene rings is 2. The lowest BCUT2D eigenvalue weighted by atomic mass is 9.99. The van der Waals surface area contributed by atoms with Crippen molar-refractivity contribution in [3.05, 3.63) is 70.5 Å². The summed E-state index contributed by atoms with van der Waals surface area (Å²) >= 11 is 0. The molecule has 1 atom stereocenters. The van der Waals surface area contributed by atoms with Crippen LogP contribution in [0.3, 0.4) is 0 Å². The van der Waals surface area contributed by atoms with Gasteiger partial charge in [0.15, 0.2) is 5.78 Å². The Morgan fingerprint density at radius 3 is 2.44 bits per heavy atom. The van der Waals surface area contributed by atoms with Crippen molar-refractivity contribution in [2.45, 2.75) is 32.8 Å². The van der Waals surface area contributed by atoms with Crippen LogP contribution in [-0.2, 0) is 4.79 Å². The quantitative estimate of drug-likeness (QED) is 0.759. The summed E-state index contributed by atoms with van der Waals surface area (Å²) in [7, 11) is 0. The van der Waals surface area contributed by atoms with E-state index in [1.807, 2.05) is 32.0 Å². The summed E-state index contributed by atoms with van der Waals surface area (Å²) in [6.07, 6.45) is -0.746. The molecule has 4 nitrogen and oxygen atoms in total. The van der Waals surface area contributed by atoms with Crippen molar-refractivity contribution in [3.8, 4) is 0 Å². The van der Waals surface area contributed by atoms with E-state index < -0.39 is 6.10 Å². The summed E-state index contributed by atoms with van der Waals surface area (Å²) < 4.78 is 12.9. The third-order valence-corrected chi connectivity index (χ3v) is 4.02. The first-order chi connectivity index (χ1) is 11.9. The Hall–Kier alpha value is -2.53. The van der Waals surface area contributed by atoms with E-state index in [0.29, 0.717) is 11.1 Å². The van der Waals surface area contributed by atoms with Gasteiger partial charge in [-0.3, -0.25) is 9.59 Å². The number of aliphatic hydroxyl groups excluding tert-OH is 1. The Morgan fingerprint density at radius 1 is 1.08 bits per heavy atom. The van der Waals surface area contributed by atoms with Crippen molar-refractivity contribution in [2.75, 3.05) is 6.54 Å². The van der Waals surface area contributed by atoms with E-state index in [0.717, 1.165) is 11.1 Å². The Labute approximate surface area is 146 Å². The minimum Gasteiger partial charge on any atom is -0.387 e. The van der Waals surface area contributed by atoms with Gasteiger partial charge in [-0.2, -0.15) is 0 Å². The maximum absolute atomic E-state index is 12.9. The second kappa shape index (κ2) is 8.53. The van der Waals surface area contributed by atoms with Crippen molar-refractivity contribution in [1.82, 2.24) is 5.32 Å². The van der Waals surface area contributed by atoms with Crippen LogP contribution in [0.1, 0.15) is 46.0 Å². The van der Waals surface area contributed by atoms with Crippen LogP contribution in [0.15, 0.2) is 42.5 Å². The van der Waals surface area contributed by atoms with Gasteiger partial charge in [0.05, 0.1) is 6.10 Å². The standard InChI is InChI=1S/C20H22FNO3/c1-13-3-4-14(2)17(11-13)18(23)9-10-20(25)22-12-19(24)15-5-7-16(21)8-6-15/h3-8,11,19,24H,9-10,12H2,1-2H3,(H,22,25). The third kappa shape index (κ3) is 5.50. The first-order valence-corrected chi connectivity index (χ1v) is 8.17. The molecular formula is C20H22FNO3. The topological polar surface area (TPSA) is 66.4 Å². The molecule has 0 aliphatic heterocycles. The van der Waals surface area contributed by atoms with E-state index in [1.165, 1.54) is 24.3 Å². The number of hydrogen-bond acceptors (Lipinski definition) is 3. The second-order valence-electron chi connectivity index (χ2n) is 6.11. The molecule has 0 bridgehead atoms. The summed E-state index contributed by atoms with van der Waals surface area (Å²) in [5.41, 5.74) is 3.05. The molecule has 2 N–H and O–H groups in total. The number of rotatable bonds is 7. The average Bonchev–Trinajstić information content (AvgIpc) is 2.60. The smallest absolute Gasteiger partial charge is 0.220 e. The average molecular weight is 343 g/mol. The van der Waals surface area contributed by atoms with E-state index in [4.69, 9.17) is 0 Å². The van der Waals surface area contributed by atoms with Gasteiger partial charge in [-0.15, -0.1) is 0 Å². The molecule has 5 heteroatoms. The number of amides is 1. The van der Waals surface area contributed by atoms with E-state index >= 15 is 0 Å². The minimum absolute atomic E-state index is 0.0160. The zero-order valence-corrected chi connectivity index (χ0v) is 14.4. The van der Waals surface area contributed by atoms with Crippen LogP contribution in [-0.4, -0.2) is 23.3 Å². The number of carbonyl (C=O) groups excluding carboxylic acids is 2. The van der Waals surface area contributed by atoms with Crippen molar-refractivity contribution in [3.63, 3.8) is 0 Å². The molecule has 2 aromatic carbocycles. The van der Waals surface area contributed by atoms with E-state index in [2.05, 4.69) is 5.32 Å². The number of aliphatic hydroxyl groups is 1. The Kier molecular flexibility index (Phi) is 6.42. The molecule has 25 heavy (non-hydrogen) atoms. The first-order valence-electron chi connectivity index (χ1n) is 8.17. The molecule has 1 unspecified atom stereocenters. The fourth-order valence-electron chi connectivity index (χ4n) is 2.50. The maximum Gasteiger partial charge on any atom is 0.220 e. The molecule has 0 radical (unpaired) electrons. The van der Waals surface area contributed by atoms with Crippen LogP contribution in [0, 0.1) is 19.7 Å². The molecule has 0 fully saturated rings. The summed E-state index contributed by atoms with van der Waals surface area (Å²) in [5, 5.41) is 12.6. The summed E-state index contributed by atoms with van der Waals surface area (Å²) in [5.74, 6) is -0.764. The number of hydrogen-bond donors (Lipinski definition) is 2. The van der Waals surface area contributed by atoms with Gasteiger partial charge < -0.3 is 10.4 Å². The lowest BCUT2D eigenvalue weighted by molar-refractivity contribution is -0.121. The zero-order chi connectivity index (χ0) is 18.4. The number of Topliss-reactive ketones (excluding diaryl/α,β-unsaturated/α-hetero) is 1. The van der Waals surface area contributed by atoms with E-state index in [9.17, 15) is 19.1 Å². The molecule has 0 aliphatic carbocycles. The van der Waals surface area contributed by atoms with Crippen molar-refractivity contribution in [1.29, 1.82) is 0 Å². The Morgan fingerprint density at radius 2 is 1.76 bits per heavy atom. The van der Waals surface area contributed by atoms with Gasteiger partial charge in [0.25, 0.3) is 0 Å². The molecule has 2 rings (SSSR count). The van der Waals surface area contributed by atoms with Crippen molar-refractivity contribution in [2.24, 2.45) is 0 Å². The molecular weight excluding hydrogens is 321 g/mol. The van der Waals surface area contributed by atoms with Crippen LogP contribution in [0.5, 0.6) is 0 Å². The number of carbonyl (C=O) groups is 2. The van der Waals surface area contributed by atoms with Crippen LogP contribution in [0.4, 0.5) is 4.39 Å². The van der Waals surface area contributed by atoms with Gasteiger partial charge >= 0.3 is 0 Å². The highest BCUT2D eigenvalue weighted by molar-refractivity contribution is 5.99. The van der Waals surface area contributed by atoms with Crippen molar-refractivity contribution < 1.29 is 19.1 Å². The Bertz CT molecular complexity index is 756. The molecule has 0 aromatic heterocycles. The minimum atomic E-state index is -0.917. The number of halogens is 1. The van der Waals surface area contributed by atoms with Crippen LogP contribution in [0.25, 0.3) is 0 Å². The normalized spacial score (nSPS) is 11.8. The molecule has 132 valence electrons. The molecule has 2 aromatic rings. The third-order valence-electron chi connectivity index (χ3n) is 4.02.